The number of rotatable bonds is 8. The zero-order valence-electron chi connectivity index (χ0n) is 15.1. The number of anilines is 1. The van der Waals surface area contributed by atoms with Crippen molar-refractivity contribution in [2.24, 2.45) is 0 Å². The molecule has 0 saturated carbocycles. The van der Waals surface area contributed by atoms with E-state index in [0.29, 0.717) is 18.0 Å². The van der Waals surface area contributed by atoms with Crippen LogP contribution < -0.4 is 9.04 Å². The van der Waals surface area contributed by atoms with Gasteiger partial charge in [0.05, 0.1) is 36.8 Å². The van der Waals surface area contributed by atoms with E-state index in [1.54, 1.807) is 36.4 Å². The molecule has 7 nitrogen and oxygen atoms in total. The Kier molecular flexibility index (Phi) is 6.79. The van der Waals surface area contributed by atoms with Gasteiger partial charge in [0.15, 0.2) is 0 Å². The third-order valence-corrected chi connectivity index (χ3v) is 5.52. The third kappa shape index (κ3) is 4.99. The minimum Gasteiger partial charge on any atom is -0.494 e. The van der Waals surface area contributed by atoms with Gasteiger partial charge in [0.2, 0.25) is 0 Å². The van der Waals surface area contributed by atoms with Crippen molar-refractivity contribution in [3.63, 3.8) is 0 Å². The Labute approximate surface area is 158 Å². The molecular weight excluding hydrogens is 368 g/mol. The number of nitrogens with zero attached hydrogens (tertiary/aromatic N) is 2. The molecule has 0 radical (unpaired) electrons. The normalized spacial score (nSPS) is 10.7. The highest BCUT2D eigenvalue weighted by Crippen LogP contribution is 2.25. The number of carbonyl (C=O) groups excluding carboxylic acids is 1. The fourth-order valence-corrected chi connectivity index (χ4v) is 3.78. The summed E-state index contributed by atoms with van der Waals surface area (Å²) in [5.41, 5.74) is 1.05. The predicted molar refractivity (Wildman–Crippen MR) is 99.9 cm³/mol. The molecule has 0 aliphatic rings. The molecule has 2 rings (SSSR count). The number of hydrogen-bond acceptors (Lipinski definition) is 6. The number of nitriles is 1. The molecule has 0 bridgehead atoms. The minimum absolute atomic E-state index is 0.0240. The van der Waals surface area contributed by atoms with E-state index in [-0.39, 0.29) is 11.3 Å². The molecular formula is C19H20N2O5S. The number of carbonyl (C=O) groups is 1. The van der Waals surface area contributed by atoms with Crippen molar-refractivity contribution in [2.75, 3.05) is 24.6 Å². The highest BCUT2D eigenvalue weighted by atomic mass is 32.2. The molecule has 0 aromatic heterocycles. The number of esters is 1. The lowest BCUT2D eigenvalue weighted by Gasteiger charge is -2.23. The summed E-state index contributed by atoms with van der Waals surface area (Å²) in [7, 11) is -2.81. The van der Waals surface area contributed by atoms with Gasteiger partial charge in [-0.1, -0.05) is 12.1 Å². The smallest absolute Gasteiger partial charge is 0.326 e. The van der Waals surface area contributed by atoms with E-state index in [4.69, 9.17) is 10.00 Å². The van der Waals surface area contributed by atoms with Gasteiger partial charge in [0.1, 0.15) is 12.3 Å². The van der Waals surface area contributed by atoms with Crippen LogP contribution in [0.15, 0.2) is 53.4 Å². The summed E-state index contributed by atoms with van der Waals surface area (Å²) in [5.74, 6) is -0.137. The van der Waals surface area contributed by atoms with Crippen LogP contribution in [-0.2, 0) is 26.0 Å². The van der Waals surface area contributed by atoms with Gasteiger partial charge in [-0.15, -0.1) is 0 Å². The summed E-state index contributed by atoms with van der Waals surface area (Å²) in [6.07, 6.45) is 0.211. The maximum absolute atomic E-state index is 13.1. The van der Waals surface area contributed by atoms with Crippen LogP contribution in [0.1, 0.15) is 12.5 Å². The van der Waals surface area contributed by atoms with Gasteiger partial charge in [-0.2, -0.15) is 5.26 Å². The van der Waals surface area contributed by atoms with Crippen LogP contribution in [0.3, 0.4) is 0 Å². The standard InChI is InChI=1S/C19H20N2O5S/c1-3-26-17-8-10-18(11-9-17)27(23,24)21(14-19(22)25-2)16-6-4-15(5-7-16)12-13-20/h4-11H,3,12,14H2,1-2H3. The Balaban J connectivity index is 2.42. The maximum Gasteiger partial charge on any atom is 0.326 e. The first-order valence-corrected chi connectivity index (χ1v) is 9.64. The fraction of sp³-hybridized carbons (Fsp3) is 0.263. The lowest BCUT2D eigenvalue weighted by Crippen LogP contribution is -2.36. The van der Waals surface area contributed by atoms with Crippen LogP contribution in [0.5, 0.6) is 5.75 Å². The summed E-state index contributed by atoms with van der Waals surface area (Å²) >= 11 is 0. The second-order valence-electron chi connectivity index (χ2n) is 5.49. The monoisotopic (exact) mass is 388 g/mol. The van der Waals surface area contributed by atoms with Gasteiger partial charge < -0.3 is 9.47 Å². The number of hydrogen-bond donors (Lipinski definition) is 0. The predicted octanol–water partition coefficient (Wildman–Crippen LogP) is 2.52. The zero-order valence-corrected chi connectivity index (χ0v) is 15.9. The average Bonchev–Trinajstić information content (AvgIpc) is 2.67. The van der Waals surface area contributed by atoms with Crippen LogP contribution in [0, 0.1) is 11.3 Å². The van der Waals surface area contributed by atoms with E-state index in [0.717, 1.165) is 9.87 Å². The van der Waals surface area contributed by atoms with Crippen molar-refractivity contribution in [2.45, 2.75) is 18.2 Å². The molecule has 0 saturated heterocycles. The molecule has 0 aliphatic carbocycles. The molecule has 0 N–H and O–H groups in total. The second-order valence-corrected chi connectivity index (χ2v) is 7.36. The van der Waals surface area contributed by atoms with E-state index >= 15 is 0 Å². The van der Waals surface area contributed by atoms with Gasteiger partial charge in [0, 0.05) is 0 Å². The SMILES string of the molecule is CCOc1ccc(S(=O)(=O)N(CC(=O)OC)c2ccc(CC#N)cc2)cc1. The average molecular weight is 388 g/mol. The molecule has 27 heavy (non-hydrogen) atoms. The molecule has 0 amide bonds. The molecule has 0 fully saturated rings. The summed E-state index contributed by atoms with van der Waals surface area (Å²) in [6, 6.07) is 14.4. The lowest BCUT2D eigenvalue weighted by atomic mass is 10.1. The van der Waals surface area contributed by atoms with Gasteiger partial charge in [0.25, 0.3) is 10.0 Å². The maximum atomic E-state index is 13.1. The van der Waals surface area contributed by atoms with E-state index in [9.17, 15) is 13.2 Å². The van der Waals surface area contributed by atoms with Crippen LogP contribution >= 0.6 is 0 Å². The number of methoxy groups -OCH3 is 1. The van der Waals surface area contributed by atoms with E-state index in [1.165, 1.54) is 19.2 Å². The minimum atomic E-state index is -4.00. The van der Waals surface area contributed by atoms with Gasteiger partial charge >= 0.3 is 5.97 Å². The fourth-order valence-electron chi connectivity index (χ4n) is 2.37. The lowest BCUT2D eigenvalue weighted by molar-refractivity contribution is -0.138. The van der Waals surface area contributed by atoms with E-state index < -0.39 is 22.5 Å². The van der Waals surface area contributed by atoms with E-state index in [2.05, 4.69) is 4.74 Å². The van der Waals surface area contributed by atoms with Crippen LogP contribution in [0.4, 0.5) is 5.69 Å². The quantitative estimate of drug-likeness (QED) is 0.645. The Bertz CT molecular complexity index is 916. The van der Waals surface area contributed by atoms with Crippen molar-refractivity contribution < 1.29 is 22.7 Å². The summed E-state index contributed by atoms with van der Waals surface area (Å²) in [6.45, 7) is 1.83. The molecule has 2 aromatic carbocycles. The largest absolute Gasteiger partial charge is 0.494 e. The highest BCUT2D eigenvalue weighted by Gasteiger charge is 2.27. The molecule has 0 spiro atoms. The molecule has 0 atom stereocenters. The Morgan fingerprint density at radius 1 is 1.11 bits per heavy atom. The van der Waals surface area contributed by atoms with Crippen molar-refractivity contribution in [1.29, 1.82) is 5.26 Å². The van der Waals surface area contributed by atoms with Gasteiger partial charge in [-0.25, -0.2) is 8.42 Å². The van der Waals surface area contributed by atoms with E-state index in [1.807, 2.05) is 13.0 Å². The zero-order chi connectivity index (χ0) is 19.9. The number of sulfonamides is 1. The molecule has 0 heterocycles. The van der Waals surface area contributed by atoms with Crippen molar-refractivity contribution >= 4 is 21.7 Å². The summed E-state index contributed by atoms with van der Waals surface area (Å²) < 4.78 is 37.1. The third-order valence-electron chi connectivity index (χ3n) is 3.73. The Morgan fingerprint density at radius 2 is 1.74 bits per heavy atom. The van der Waals surface area contributed by atoms with Crippen LogP contribution in [0.25, 0.3) is 0 Å². The topological polar surface area (TPSA) is 96.7 Å². The number of benzene rings is 2. The first kappa shape index (κ1) is 20.3. The second kappa shape index (κ2) is 9.05. The Hall–Kier alpha value is -3.05. The molecule has 0 aliphatic heterocycles. The van der Waals surface area contributed by atoms with Gasteiger partial charge in [-0.3, -0.25) is 9.10 Å². The first-order chi connectivity index (χ1) is 12.9. The summed E-state index contributed by atoms with van der Waals surface area (Å²) in [5, 5.41) is 8.76. The summed E-state index contributed by atoms with van der Waals surface area (Å²) in [4.78, 5) is 11.8. The van der Waals surface area contributed by atoms with Crippen LogP contribution in [0.2, 0.25) is 0 Å². The Morgan fingerprint density at radius 3 is 2.26 bits per heavy atom. The van der Waals surface area contributed by atoms with Crippen molar-refractivity contribution in [1.82, 2.24) is 0 Å². The van der Waals surface area contributed by atoms with Gasteiger partial charge in [-0.05, 0) is 48.9 Å². The van der Waals surface area contributed by atoms with Crippen molar-refractivity contribution in [3.8, 4) is 11.8 Å². The first-order valence-electron chi connectivity index (χ1n) is 8.20. The number of ether oxygens (including phenoxy) is 2. The molecule has 8 heteroatoms. The molecule has 0 unspecified atom stereocenters. The van der Waals surface area contributed by atoms with Crippen LogP contribution in [-0.4, -0.2) is 34.6 Å². The molecule has 142 valence electrons. The highest BCUT2D eigenvalue weighted by molar-refractivity contribution is 7.92. The van der Waals surface area contributed by atoms with Crippen molar-refractivity contribution in [3.05, 3.63) is 54.1 Å². The molecule has 2 aromatic rings.